The largest absolute Gasteiger partial charge is 0.477 e. The van der Waals surface area contributed by atoms with Crippen LogP contribution in [0, 0.1) is 12.7 Å². The minimum Gasteiger partial charge on any atom is -0.477 e. The van der Waals surface area contributed by atoms with Crippen molar-refractivity contribution in [3.05, 3.63) is 45.6 Å². The number of aryl methyl sites for hydroxylation is 1. The molecular weight excluding hydrogens is 323 g/mol. The maximum absolute atomic E-state index is 13.7. The summed E-state index contributed by atoms with van der Waals surface area (Å²) in [4.78, 5) is 25.7. The van der Waals surface area contributed by atoms with E-state index in [1.807, 2.05) is 0 Å². The predicted molar refractivity (Wildman–Crippen MR) is 88.6 cm³/mol. The van der Waals surface area contributed by atoms with Crippen LogP contribution in [-0.4, -0.2) is 28.6 Å². The quantitative estimate of drug-likeness (QED) is 0.913. The number of carbonyl (C=O) groups is 1. The van der Waals surface area contributed by atoms with E-state index in [1.54, 1.807) is 6.92 Å². The maximum atomic E-state index is 13.7. The van der Waals surface area contributed by atoms with Crippen molar-refractivity contribution >= 4 is 29.6 Å². The molecule has 0 saturated carbocycles. The van der Waals surface area contributed by atoms with Crippen LogP contribution >= 0.6 is 12.4 Å². The Bertz CT molecular complexity index is 813. The Kier molecular flexibility index (Phi) is 4.94. The molecule has 1 aliphatic heterocycles. The lowest BCUT2D eigenvalue weighted by molar-refractivity contribution is 0.0694. The number of rotatable bonds is 2. The van der Waals surface area contributed by atoms with Gasteiger partial charge in [0.15, 0.2) is 0 Å². The van der Waals surface area contributed by atoms with E-state index < -0.39 is 17.3 Å². The lowest BCUT2D eigenvalue weighted by Crippen LogP contribution is -2.32. The van der Waals surface area contributed by atoms with Crippen molar-refractivity contribution < 1.29 is 14.3 Å². The Labute approximate surface area is 138 Å². The van der Waals surface area contributed by atoms with E-state index in [4.69, 9.17) is 0 Å². The van der Waals surface area contributed by atoms with Crippen LogP contribution in [0.4, 0.5) is 10.1 Å². The molecule has 1 N–H and O–H groups in total. The predicted octanol–water partition coefficient (Wildman–Crippen LogP) is 2.86. The number of anilines is 1. The third-order valence-corrected chi connectivity index (χ3v) is 4.12. The van der Waals surface area contributed by atoms with Crippen molar-refractivity contribution in [2.75, 3.05) is 18.0 Å². The molecule has 3 heterocycles. The smallest absolute Gasteiger partial charge is 0.341 e. The molecule has 0 radical (unpaired) electrons. The first kappa shape index (κ1) is 17.3. The van der Waals surface area contributed by atoms with E-state index in [0.717, 1.165) is 42.9 Å². The molecule has 5 nitrogen and oxygen atoms in total. The van der Waals surface area contributed by atoms with Crippen molar-refractivity contribution in [1.82, 2.24) is 4.40 Å². The number of piperidine rings is 1. The van der Waals surface area contributed by atoms with Gasteiger partial charge in [0.1, 0.15) is 11.4 Å². The molecule has 23 heavy (non-hydrogen) atoms. The van der Waals surface area contributed by atoms with Gasteiger partial charge in [-0.25, -0.2) is 9.18 Å². The third-order valence-electron chi connectivity index (χ3n) is 4.12. The molecule has 7 heteroatoms. The first-order valence-electron chi connectivity index (χ1n) is 7.33. The van der Waals surface area contributed by atoms with Crippen molar-refractivity contribution in [2.45, 2.75) is 26.2 Å². The van der Waals surface area contributed by atoms with Gasteiger partial charge in [0, 0.05) is 19.3 Å². The summed E-state index contributed by atoms with van der Waals surface area (Å²) < 4.78 is 14.8. The van der Waals surface area contributed by atoms with E-state index >= 15 is 0 Å². The minimum absolute atomic E-state index is 0. The molecule has 0 atom stereocenters. The summed E-state index contributed by atoms with van der Waals surface area (Å²) in [5.41, 5.74) is 0.857. The molecule has 1 aliphatic rings. The Balaban J connectivity index is 0.00000192. The number of carboxylic acids is 1. The molecule has 0 amide bonds. The molecule has 0 aromatic carbocycles. The van der Waals surface area contributed by atoms with E-state index in [1.165, 1.54) is 12.1 Å². The van der Waals surface area contributed by atoms with Crippen molar-refractivity contribution in [3.8, 4) is 0 Å². The fourth-order valence-electron chi connectivity index (χ4n) is 3.10. The van der Waals surface area contributed by atoms with E-state index in [0.29, 0.717) is 16.8 Å². The van der Waals surface area contributed by atoms with Crippen LogP contribution in [0.15, 0.2) is 23.1 Å². The van der Waals surface area contributed by atoms with Crippen LogP contribution in [0.1, 0.15) is 35.2 Å². The SMILES string of the molecule is Cc1cc(F)cn2c(=O)c(C(=O)O)cc(N3CCCCC3)c12.Cl. The number of hydrogen-bond acceptors (Lipinski definition) is 3. The molecule has 2 aromatic rings. The highest BCUT2D eigenvalue weighted by atomic mass is 35.5. The highest BCUT2D eigenvalue weighted by Crippen LogP contribution is 2.27. The molecular formula is C16H18ClFN2O3. The zero-order valence-corrected chi connectivity index (χ0v) is 13.5. The summed E-state index contributed by atoms with van der Waals surface area (Å²) in [7, 11) is 0. The Morgan fingerprint density at radius 3 is 2.48 bits per heavy atom. The van der Waals surface area contributed by atoms with Crippen LogP contribution < -0.4 is 10.5 Å². The molecule has 0 aliphatic carbocycles. The molecule has 3 rings (SSSR count). The molecule has 2 aromatic heterocycles. The second-order valence-electron chi connectivity index (χ2n) is 5.66. The average Bonchev–Trinajstić information content (AvgIpc) is 2.48. The second-order valence-corrected chi connectivity index (χ2v) is 5.66. The number of hydrogen-bond donors (Lipinski definition) is 1. The van der Waals surface area contributed by atoms with Gasteiger partial charge in [-0.3, -0.25) is 9.20 Å². The van der Waals surface area contributed by atoms with Crippen LogP contribution in [-0.2, 0) is 0 Å². The molecule has 0 bridgehead atoms. The molecule has 1 saturated heterocycles. The fraction of sp³-hybridized carbons (Fsp3) is 0.375. The second kappa shape index (κ2) is 6.58. The number of carboxylic acid groups (broad SMARTS) is 1. The van der Waals surface area contributed by atoms with Gasteiger partial charge in [0.2, 0.25) is 0 Å². The number of fused-ring (bicyclic) bond motifs is 1. The number of aromatic carboxylic acids is 1. The summed E-state index contributed by atoms with van der Waals surface area (Å²) in [5, 5.41) is 9.26. The van der Waals surface area contributed by atoms with Gasteiger partial charge in [0.25, 0.3) is 5.56 Å². The van der Waals surface area contributed by atoms with Gasteiger partial charge in [-0.15, -0.1) is 12.4 Å². The summed E-state index contributed by atoms with van der Waals surface area (Å²) in [6, 6.07) is 2.79. The minimum atomic E-state index is -1.29. The van der Waals surface area contributed by atoms with Gasteiger partial charge in [-0.2, -0.15) is 0 Å². The van der Waals surface area contributed by atoms with Gasteiger partial charge in [-0.1, -0.05) is 0 Å². The molecule has 124 valence electrons. The Morgan fingerprint density at radius 1 is 1.22 bits per heavy atom. The third kappa shape index (κ3) is 3.03. The van der Waals surface area contributed by atoms with Crippen LogP contribution in [0.5, 0.6) is 0 Å². The zero-order valence-electron chi connectivity index (χ0n) is 12.7. The van der Waals surface area contributed by atoms with Crippen molar-refractivity contribution in [1.29, 1.82) is 0 Å². The standard InChI is InChI=1S/C16H17FN2O3.ClH/c1-10-7-11(17)9-19-14(10)13(18-5-3-2-4-6-18)8-12(15(19)20)16(21)22;/h7-9H,2-6H2,1H3,(H,21,22);1H. The van der Waals surface area contributed by atoms with Crippen LogP contribution in [0.3, 0.4) is 0 Å². The summed E-state index contributed by atoms with van der Waals surface area (Å²) in [5.74, 6) is -1.85. The lowest BCUT2D eigenvalue weighted by atomic mass is 10.1. The molecule has 0 unspecified atom stereocenters. The molecule has 1 fully saturated rings. The number of halogens is 2. The fourth-order valence-corrected chi connectivity index (χ4v) is 3.10. The Morgan fingerprint density at radius 2 is 1.87 bits per heavy atom. The highest BCUT2D eigenvalue weighted by Gasteiger charge is 2.21. The zero-order chi connectivity index (χ0) is 15.9. The first-order chi connectivity index (χ1) is 10.5. The van der Waals surface area contributed by atoms with E-state index in [-0.39, 0.29) is 18.0 Å². The van der Waals surface area contributed by atoms with Crippen molar-refractivity contribution in [2.24, 2.45) is 0 Å². The number of nitrogens with zero attached hydrogens (tertiary/aromatic N) is 2. The topological polar surface area (TPSA) is 62.0 Å². The van der Waals surface area contributed by atoms with Crippen LogP contribution in [0.25, 0.3) is 5.52 Å². The lowest BCUT2D eigenvalue weighted by Gasteiger charge is -2.30. The van der Waals surface area contributed by atoms with Crippen molar-refractivity contribution in [3.63, 3.8) is 0 Å². The summed E-state index contributed by atoms with van der Waals surface area (Å²) >= 11 is 0. The van der Waals surface area contributed by atoms with Gasteiger partial charge >= 0.3 is 5.97 Å². The molecule has 0 spiro atoms. The normalized spacial score (nSPS) is 14.6. The Hall–Kier alpha value is -2.08. The van der Waals surface area contributed by atoms with Gasteiger partial charge in [-0.05, 0) is 43.9 Å². The number of aromatic nitrogens is 1. The maximum Gasteiger partial charge on any atom is 0.341 e. The van der Waals surface area contributed by atoms with Gasteiger partial charge < -0.3 is 10.0 Å². The monoisotopic (exact) mass is 340 g/mol. The average molecular weight is 341 g/mol. The summed E-state index contributed by atoms with van der Waals surface area (Å²) in [6.07, 6.45) is 4.24. The highest BCUT2D eigenvalue weighted by molar-refractivity contribution is 5.91. The van der Waals surface area contributed by atoms with E-state index in [2.05, 4.69) is 4.90 Å². The summed E-state index contributed by atoms with van der Waals surface area (Å²) in [6.45, 7) is 3.35. The first-order valence-corrected chi connectivity index (χ1v) is 7.33. The number of pyridine rings is 2. The van der Waals surface area contributed by atoms with Crippen LogP contribution in [0.2, 0.25) is 0 Å². The van der Waals surface area contributed by atoms with Gasteiger partial charge in [0.05, 0.1) is 11.2 Å². The van der Waals surface area contributed by atoms with E-state index in [9.17, 15) is 19.1 Å².